The molecule has 0 unspecified atom stereocenters. The van der Waals surface area contributed by atoms with Gasteiger partial charge in [-0.3, -0.25) is 0 Å². The van der Waals surface area contributed by atoms with Crippen LogP contribution in [0, 0.1) is 0 Å². The van der Waals surface area contributed by atoms with Gasteiger partial charge in [0.2, 0.25) is 5.88 Å². The highest BCUT2D eigenvalue weighted by Crippen LogP contribution is 2.26. The third-order valence-electron chi connectivity index (χ3n) is 3.02. The third-order valence-corrected chi connectivity index (χ3v) is 3.02. The van der Waals surface area contributed by atoms with Crippen LogP contribution in [0.3, 0.4) is 0 Å². The van der Waals surface area contributed by atoms with Gasteiger partial charge < -0.3 is 14.9 Å². The smallest absolute Gasteiger partial charge is 0.335 e. The summed E-state index contributed by atoms with van der Waals surface area (Å²) < 4.78 is 5.65. The Labute approximate surface area is 122 Å². The van der Waals surface area contributed by atoms with Crippen molar-refractivity contribution in [1.82, 2.24) is 4.98 Å². The van der Waals surface area contributed by atoms with Gasteiger partial charge >= 0.3 is 5.97 Å². The van der Waals surface area contributed by atoms with Gasteiger partial charge in [-0.15, -0.1) is 0 Å². The van der Waals surface area contributed by atoms with Crippen LogP contribution in [-0.2, 0) is 6.61 Å². The quantitative estimate of drug-likeness (QED) is 0.882. The molecule has 1 aromatic carbocycles. The minimum atomic E-state index is -1.03. The number of pyridine rings is 1. The van der Waals surface area contributed by atoms with E-state index in [0.29, 0.717) is 17.0 Å². The van der Waals surface area contributed by atoms with Crippen LogP contribution in [0.2, 0.25) is 0 Å². The molecule has 110 valence electrons. The van der Waals surface area contributed by atoms with Gasteiger partial charge in [0, 0.05) is 17.3 Å². The minimum absolute atomic E-state index is 0.0831. The molecule has 2 N–H and O–H groups in total. The maximum Gasteiger partial charge on any atom is 0.335 e. The summed E-state index contributed by atoms with van der Waals surface area (Å²) in [5.74, 6) is -0.274. The lowest BCUT2D eigenvalue weighted by Crippen LogP contribution is -2.03. The van der Waals surface area contributed by atoms with Crippen molar-refractivity contribution in [2.75, 3.05) is 0 Å². The number of aliphatic hydroxyl groups is 1. The largest absolute Gasteiger partial charge is 0.478 e. The number of ether oxygens (including phenoxy) is 1. The fourth-order valence-corrected chi connectivity index (χ4v) is 1.84. The van der Waals surface area contributed by atoms with E-state index < -0.39 is 5.97 Å². The zero-order valence-corrected chi connectivity index (χ0v) is 11.9. The molecule has 5 nitrogen and oxygen atoms in total. The summed E-state index contributed by atoms with van der Waals surface area (Å²) in [5, 5.41) is 18.4. The average Bonchev–Trinajstić information content (AvgIpc) is 2.47. The number of nitrogens with zero attached hydrogens (tertiary/aromatic N) is 1. The maximum atomic E-state index is 11.2. The van der Waals surface area contributed by atoms with Crippen molar-refractivity contribution in [3.05, 3.63) is 53.2 Å². The number of hydrogen-bond donors (Lipinski definition) is 2. The maximum absolute atomic E-state index is 11.2. The first kappa shape index (κ1) is 15.0. The SMILES string of the molecule is CC(C)c1cc(C(=O)O)cc(Oc2ccccc2CO)n1. The number of aliphatic hydroxyl groups excluding tert-OH is 1. The summed E-state index contributed by atoms with van der Waals surface area (Å²) in [6.07, 6.45) is 0. The topological polar surface area (TPSA) is 79.7 Å². The number of carboxylic acids is 1. The van der Waals surface area contributed by atoms with E-state index in [1.807, 2.05) is 13.8 Å². The molecule has 0 bridgehead atoms. The van der Waals surface area contributed by atoms with E-state index in [-0.39, 0.29) is 24.0 Å². The lowest BCUT2D eigenvalue weighted by Gasteiger charge is -2.12. The summed E-state index contributed by atoms with van der Waals surface area (Å²) in [4.78, 5) is 15.5. The van der Waals surface area contributed by atoms with Gasteiger partial charge in [0.15, 0.2) is 0 Å². The van der Waals surface area contributed by atoms with E-state index >= 15 is 0 Å². The number of carbonyl (C=O) groups is 1. The van der Waals surface area contributed by atoms with Crippen molar-refractivity contribution < 1.29 is 19.7 Å². The van der Waals surface area contributed by atoms with Crippen molar-refractivity contribution >= 4 is 5.97 Å². The van der Waals surface area contributed by atoms with Crippen LogP contribution in [0.1, 0.15) is 41.4 Å². The van der Waals surface area contributed by atoms with Gasteiger partial charge in [0.25, 0.3) is 0 Å². The van der Waals surface area contributed by atoms with E-state index in [1.165, 1.54) is 12.1 Å². The Hall–Kier alpha value is -2.40. The van der Waals surface area contributed by atoms with Gasteiger partial charge in [-0.2, -0.15) is 0 Å². The van der Waals surface area contributed by atoms with Gasteiger partial charge in [0.05, 0.1) is 12.2 Å². The van der Waals surface area contributed by atoms with E-state index in [0.717, 1.165) is 0 Å². The van der Waals surface area contributed by atoms with Crippen molar-refractivity contribution in [2.24, 2.45) is 0 Å². The number of carboxylic acid groups (broad SMARTS) is 1. The third kappa shape index (κ3) is 3.58. The van der Waals surface area contributed by atoms with Crippen LogP contribution < -0.4 is 4.74 Å². The molecule has 0 spiro atoms. The Bertz CT molecular complexity index is 652. The van der Waals surface area contributed by atoms with E-state index in [9.17, 15) is 9.90 Å². The van der Waals surface area contributed by atoms with E-state index in [1.54, 1.807) is 24.3 Å². The Balaban J connectivity index is 2.41. The van der Waals surface area contributed by atoms with Crippen LogP contribution in [-0.4, -0.2) is 21.2 Å². The van der Waals surface area contributed by atoms with E-state index in [2.05, 4.69) is 4.98 Å². The molecule has 0 saturated carbocycles. The standard InChI is InChI=1S/C16H17NO4/c1-10(2)13-7-12(16(19)20)8-15(17-13)21-14-6-4-3-5-11(14)9-18/h3-8,10,18H,9H2,1-2H3,(H,19,20). The lowest BCUT2D eigenvalue weighted by molar-refractivity contribution is 0.0696. The number of hydrogen-bond acceptors (Lipinski definition) is 4. The fourth-order valence-electron chi connectivity index (χ4n) is 1.84. The van der Waals surface area contributed by atoms with Crippen LogP contribution in [0.4, 0.5) is 0 Å². The molecule has 0 amide bonds. The molecule has 21 heavy (non-hydrogen) atoms. The van der Waals surface area contributed by atoms with Gasteiger partial charge in [-0.1, -0.05) is 32.0 Å². The molecule has 0 aliphatic carbocycles. The molecule has 0 fully saturated rings. The molecule has 0 saturated heterocycles. The fraction of sp³-hybridized carbons (Fsp3) is 0.250. The van der Waals surface area contributed by atoms with Crippen molar-refractivity contribution in [1.29, 1.82) is 0 Å². The second-order valence-electron chi connectivity index (χ2n) is 4.95. The molecular weight excluding hydrogens is 270 g/mol. The second kappa shape index (κ2) is 6.37. The van der Waals surface area contributed by atoms with Crippen molar-refractivity contribution in [3.8, 4) is 11.6 Å². The minimum Gasteiger partial charge on any atom is -0.478 e. The second-order valence-corrected chi connectivity index (χ2v) is 4.95. The number of aromatic carboxylic acids is 1. The molecule has 1 aromatic heterocycles. The highest BCUT2D eigenvalue weighted by Gasteiger charge is 2.13. The Kier molecular flexibility index (Phi) is 4.55. The first-order valence-electron chi connectivity index (χ1n) is 6.63. The lowest BCUT2D eigenvalue weighted by atomic mass is 10.1. The Morgan fingerprint density at radius 1 is 1.29 bits per heavy atom. The summed E-state index contributed by atoms with van der Waals surface area (Å²) in [6, 6.07) is 9.92. The zero-order valence-electron chi connectivity index (χ0n) is 11.9. The number of benzene rings is 1. The first-order valence-corrected chi connectivity index (χ1v) is 6.63. The van der Waals surface area contributed by atoms with Crippen LogP contribution >= 0.6 is 0 Å². The molecule has 2 rings (SSSR count). The summed E-state index contributed by atoms with van der Waals surface area (Å²) in [5.41, 5.74) is 1.39. The summed E-state index contributed by atoms with van der Waals surface area (Å²) in [6.45, 7) is 3.70. The van der Waals surface area contributed by atoms with Gasteiger partial charge in [-0.25, -0.2) is 9.78 Å². The molecule has 2 aromatic rings. The number of aromatic nitrogens is 1. The predicted molar refractivity (Wildman–Crippen MR) is 77.7 cm³/mol. The Morgan fingerprint density at radius 2 is 2.00 bits per heavy atom. The van der Waals surface area contributed by atoms with E-state index in [4.69, 9.17) is 9.84 Å². The predicted octanol–water partition coefficient (Wildman–Crippen LogP) is 3.19. The highest BCUT2D eigenvalue weighted by atomic mass is 16.5. The average molecular weight is 287 g/mol. The van der Waals surface area contributed by atoms with Crippen molar-refractivity contribution in [2.45, 2.75) is 26.4 Å². The highest BCUT2D eigenvalue weighted by molar-refractivity contribution is 5.88. The summed E-state index contributed by atoms with van der Waals surface area (Å²) in [7, 11) is 0. The molecule has 0 radical (unpaired) electrons. The van der Waals surface area contributed by atoms with Gasteiger partial charge in [-0.05, 0) is 18.1 Å². The van der Waals surface area contributed by atoms with Crippen molar-refractivity contribution in [3.63, 3.8) is 0 Å². The monoisotopic (exact) mass is 287 g/mol. The molecule has 0 aliphatic rings. The molecule has 1 heterocycles. The molecule has 0 aliphatic heterocycles. The molecule has 5 heteroatoms. The molecule has 0 atom stereocenters. The zero-order chi connectivity index (χ0) is 15.4. The summed E-state index contributed by atoms with van der Waals surface area (Å²) >= 11 is 0. The van der Waals surface area contributed by atoms with Crippen LogP contribution in [0.25, 0.3) is 0 Å². The normalized spacial score (nSPS) is 10.7. The number of rotatable bonds is 5. The first-order chi connectivity index (χ1) is 10.0. The molecular formula is C16H17NO4. The van der Waals surface area contributed by atoms with Gasteiger partial charge in [0.1, 0.15) is 5.75 Å². The van der Waals surface area contributed by atoms with Crippen LogP contribution in [0.15, 0.2) is 36.4 Å². The Morgan fingerprint density at radius 3 is 2.62 bits per heavy atom. The number of para-hydroxylation sites is 1. The van der Waals surface area contributed by atoms with Crippen LogP contribution in [0.5, 0.6) is 11.6 Å².